The molecule has 0 heterocycles. The van der Waals surface area contributed by atoms with Gasteiger partial charge in [-0.15, -0.1) is 0 Å². The van der Waals surface area contributed by atoms with E-state index in [1.54, 1.807) is 36.4 Å². The average Bonchev–Trinajstić information content (AvgIpc) is 2.76. The number of methoxy groups -OCH3 is 3. The second-order valence-corrected chi connectivity index (χ2v) is 6.39. The van der Waals surface area contributed by atoms with Gasteiger partial charge in [0, 0.05) is 11.1 Å². The largest absolute Gasteiger partial charge is 0.496 e. The number of alkyl halides is 4. The van der Waals surface area contributed by atoms with Crippen LogP contribution in [-0.4, -0.2) is 46.1 Å². The number of hydrogen-bond donors (Lipinski definition) is 0. The maximum atomic E-state index is 13.0. The number of carbonyl (C=O) groups excluding carboxylic acids is 1. The predicted molar refractivity (Wildman–Crippen MR) is 107 cm³/mol. The van der Waals surface area contributed by atoms with Crippen LogP contribution in [0.15, 0.2) is 42.5 Å². The molecule has 0 radical (unpaired) electrons. The van der Waals surface area contributed by atoms with Crippen molar-refractivity contribution in [2.24, 2.45) is 0 Å². The summed E-state index contributed by atoms with van der Waals surface area (Å²) in [6.45, 7) is -1.79. The van der Waals surface area contributed by atoms with Crippen LogP contribution in [0.25, 0.3) is 6.08 Å². The summed E-state index contributed by atoms with van der Waals surface area (Å²) in [5, 5.41) is 0. The van der Waals surface area contributed by atoms with Crippen molar-refractivity contribution in [3.05, 3.63) is 59.2 Å². The van der Waals surface area contributed by atoms with Crippen molar-refractivity contribution in [3.8, 4) is 17.2 Å². The average molecular weight is 442 g/mol. The molecule has 168 valence electrons. The number of halogens is 4. The summed E-state index contributed by atoms with van der Waals surface area (Å²) in [5.74, 6) is -3.31. The lowest BCUT2D eigenvalue weighted by atomic mass is 10.1. The van der Waals surface area contributed by atoms with Gasteiger partial charge in [-0.3, -0.25) is 4.79 Å². The Morgan fingerprint density at radius 1 is 0.968 bits per heavy atom. The third kappa shape index (κ3) is 6.45. The van der Waals surface area contributed by atoms with E-state index in [1.165, 1.54) is 33.5 Å². The molecule has 0 atom stereocenters. The van der Waals surface area contributed by atoms with E-state index in [-0.39, 0.29) is 12.4 Å². The van der Waals surface area contributed by atoms with Gasteiger partial charge in [0.25, 0.3) is 0 Å². The summed E-state index contributed by atoms with van der Waals surface area (Å²) in [7, 11) is 4.32. The summed E-state index contributed by atoms with van der Waals surface area (Å²) in [6.07, 6.45) is -0.958. The number of ketones is 1. The Kier molecular flexibility index (Phi) is 8.44. The van der Waals surface area contributed by atoms with Crippen LogP contribution in [0.3, 0.4) is 0 Å². The van der Waals surface area contributed by atoms with Crippen LogP contribution >= 0.6 is 0 Å². The molecule has 0 fully saturated rings. The molecule has 0 N–H and O–H groups in total. The maximum Gasteiger partial charge on any atom is 0.330 e. The smallest absolute Gasteiger partial charge is 0.330 e. The van der Waals surface area contributed by atoms with Crippen molar-refractivity contribution >= 4 is 11.9 Å². The van der Waals surface area contributed by atoms with Gasteiger partial charge in [0.1, 0.15) is 12.4 Å². The van der Waals surface area contributed by atoms with E-state index in [1.807, 2.05) is 0 Å². The monoisotopic (exact) mass is 442 g/mol. The van der Waals surface area contributed by atoms with Gasteiger partial charge in [0.2, 0.25) is 0 Å². The number of ether oxygens (including phenoxy) is 4. The molecule has 2 aromatic rings. The van der Waals surface area contributed by atoms with E-state index in [9.17, 15) is 22.4 Å². The molecule has 0 amide bonds. The van der Waals surface area contributed by atoms with Gasteiger partial charge >= 0.3 is 12.3 Å². The van der Waals surface area contributed by atoms with Crippen LogP contribution in [0, 0.1) is 0 Å². The van der Waals surface area contributed by atoms with Crippen LogP contribution in [0.2, 0.25) is 0 Å². The van der Waals surface area contributed by atoms with E-state index < -0.39 is 19.0 Å². The van der Waals surface area contributed by atoms with Crippen molar-refractivity contribution in [1.82, 2.24) is 0 Å². The summed E-state index contributed by atoms with van der Waals surface area (Å²) < 4.78 is 70.7. The first-order valence-corrected chi connectivity index (χ1v) is 9.07. The normalized spacial score (nSPS) is 11.7. The molecule has 0 spiro atoms. The van der Waals surface area contributed by atoms with E-state index in [2.05, 4.69) is 0 Å². The van der Waals surface area contributed by atoms with Crippen LogP contribution < -0.4 is 14.2 Å². The van der Waals surface area contributed by atoms with Gasteiger partial charge in [0.05, 0.1) is 27.9 Å². The van der Waals surface area contributed by atoms with Gasteiger partial charge in [-0.2, -0.15) is 8.78 Å². The SMILES string of the molecule is COc1ccc(/C=C/C(=O)c2ccc(OC)c(OC)c2)cc1COCC(F)(F)C(F)F. The van der Waals surface area contributed by atoms with Crippen LogP contribution in [0.5, 0.6) is 17.2 Å². The standard InChI is InChI=1S/C22H22F4O5/c1-28-18-8-5-14(10-16(18)12-31-13-22(25,26)21(23)24)4-7-17(27)15-6-9-19(29-2)20(11-15)30-3/h4-11,21H,12-13H2,1-3H3/b7-4+. The topological polar surface area (TPSA) is 54.0 Å². The third-order valence-corrected chi connectivity index (χ3v) is 4.27. The maximum absolute atomic E-state index is 13.0. The predicted octanol–water partition coefficient (Wildman–Crippen LogP) is 5.03. The Morgan fingerprint density at radius 2 is 1.61 bits per heavy atom. The molecule has 0 saturated heterocycles. The quantitative estimate of drug-likeness (QED) is 0.278. The molecule has 0 aromatic heterocycles. The molecular formula is C22H22F4O5. The minimum absolute atomic E-state index is 0.300. The minimum Gasteiger partial charge on any atom is -0.496 e. The second-order valence-electron chi connectivity index (χ2n) is 6.39. The Balaban J connectivity index is 2.13. The molecule has 0 aliphatic carbocycles. The van der Waals surface area contributed by atoms with Crippen molar-refractivity contribution < 1.29 is 41.3 Å². The van der Waals surface area contributed by atoms with Crippen molar-refractivity contribution in [2.45, 2.75) is 19.0 Å². The fraction of sp³-hybridized carbons (Fsp3) is 0.318. The fourth-order valence-electron chi connectivity index (χ4n) is 2.63. The summed E-state index contributed by atoms with van der Waals surface area (Å²) in [4.78, 5) is 12.5. The van der Waals surface area contributed by atoms with E-state index in [0.717, 1.165) is 0 Å². The number of hydrogen-bond acceptors (Lipinski definition) is 5. The molecule has 0 aliphatic heterocycles. The molecule has 2 aromatic carbocycles. The fourth-order valence-corrected chi connectivity index (χ4v) is 2.63. The zero-order valence-corrected chi connectivity index (χ0v) is 17.2. The first-order valence-electron chi connectivity index (χ1n) is 9.07. The van der Waals surface area contributed by atoms with Gasteiger partial charge in [-0.05, 0) is 42.0 Å². The summed E-state index contributed by atoms with van der Waals surface area (Å²) >= 11 is 0. The number of rotatable bonds is 11. The van der Waals surface area contributed by atoms with Crippen molar-refractivity contribution in [3.63, 3.8) is 0 Å². The van der Waals surface area contributed by atoms with Crippen molar-refractivity contribution in [1.29, 1.82) is 0 Å². The third-order valence-electron chi connectivity index (χ3n) is 4.27. The molecule has 0 aliphatic rings. The van der Waals surface area contributed by atoms with Gasteiger partial charge in [0.15, 0.2) is 17.3 Å². The number of benzene rings is 2. The van der Waals surface area contributed by atoms with Crippen LogP contribution in [0.1, 0.15) is 21.5 Å². The molecule has 9 heteroatoms. The Bertz CT molecular complexity index is 928. The molecule has 31 heavy (non-hydrogen) atoms. The van der Waals surface area contributed by atoms with Crippen LogP contribution in [-0.2, 0) is 11.3 Å². The highest BCUT2D eigenvalue weighted by atomic mass is 19.3. The van der Waals surface area contributed by atoms with E-state index in [0.29, 0.717) is 33.9 Å². The highest BCUT2D eigenvalue weighted by molar-refractivity contribution is 6.07. The first kappa shape index (κ1) is 24.2. The van der Waals surface area contributed by atoms with Gasteiger partial charge in [-0.1, -0.05) is 12.1 Å². The number of allylic oxidation sites excluding steroid dienone is 1. The van der Waals surface area contributed by atoms with Crippen LogP contribution in [0.4, 0.5) is 17.6 Å². The van der Waals surface area contributed by atoms with E-state index >= 15 is 0 Å². The summed E-state index contributed by atoms with van der Waals surface area (Å²) in [5.41, 5.74) is 1.31. The van der Waals surface area contributed by atoms with Gasteiger partial charge in [-0.25, -0.2) is 8.78 Å². The Morgan fingerprint density at radius 3 is 2.23 bits per heavy atom. The van der Waals surface area contributed by atoms with E-state index in [4.69, 9.17) is 18.9 Å². The molecule has 0 saturated carbocycles. The molecular weight excluding hydrogens is 420 g/mol. The molecule has 0 bridgehead atoms. The van der Waals surface area contributed by atoms with Crippen molar-refractivity contribution in [2.75, 3.05) is 27.9 Å². The lowest BCUT2D eigenvalue weighted by molar-refractivity contribution is -0.168. The zero-order chi connectivity index (χ0) is 23.0. The summed E-state index contributed by atoms with van der Waals surface area (Å²) in [6, 6.07) is 9.50. The molecule has 0 unspecified atom stereocenters. The molecule has 2 rings (SSSR count). The number of carbonyl (C=O) groups is 1. The highest BCUT2D eigenvalue weighted by Crippen LogP contribution is 2.28. The lowest BCUT2D eigenvalue weighted by Crippen LogP contribution is -2.32. The van der Waals surface area contributed by atoms with Gasteiger partial charge < -0.3 is 18.9 Å². The minimum atomic E-state index is -4.24. The Hall–Kier alpha value is -3.07. The highest BCUT2D eigenvalue weighted by Gasteiger charge is 2.41. The second kappa shape index (κ2) is 10.8. The zero-order valence-electron chi connectivity index (χ0n) is 17.2. The first-order chi connectivity index (χ1) is 14.7. The Labute approximate surface area is 177 Å². The lowest BCUT2D eigenvalue weighted by Gasteiger charge is -2.16. The molecule has 5 nitrogen and oxygen atoms in total.